The summed E-state index contributed by atoms with van der Waals surface area (Å²) in [5.74, 6) is 0.983. The summed E-state index contributed by atoms with van der Waals surface area (Å²) in [6, 6.07) is 8.29. The average Bonchev–Trinajstić information content (AvgIpc) is 2.74. The Morgan fingerprint density at radius 1 is 1.39 bits per heavy atom. The van der Waals surface area contributed by atoms with Gasteiger partial charge in [0.05, 0.1) is 0 Å². The number of likely N-dealkylation sites (N-methyl/N-ethyl adjacent to an activating group) is 1. The van der Waals surface area contributed by atoms with E-state index in [-0.39, 0.29) is 0 Å². The van der Waals surface area contributed by atoms with Gasteiger partial charge in [-0.2, -0.15) is 5.10 Å². The Balaban J connectivity index is 2.04. The summed E-state index contributed by atoms with van der Waals surface area (Å²) >= 11 is 5.99. The molecule has 0 bridgehead atoms. The Morgan fingerprint density at radius 2 is 2.22 bits per heavy atom. The van der Waals surface area contributed by atoms with Crippen LogP contribution in [0.3, 0.4) is 0 Å². The minimum Gasteiger partial charge on any atom is -0.316 e. The van der Waals surface area contributed by atoms with Gasteiger partial charge in [-0.15, -0.1) is 0 Å². The van der Waals surface area contributed by atoms with E-state index in [2.05, 4.69) is 21.5 Å². The van der Waals surface area contributed by atoms with E-state index in [4.69, 9.17) is 11.6 Å². The third kappa shape index (κ3) is 3.31. The summed E-state index contributed by atoms with van der Waals surface area (Å²) in [4.78, 5) is 4.25. The molecule has 18 heavy (non-hydrogen) atoms. The van der Waals surface area contributed by atoms with Crippen molar-refractivity contribution in [3.05, 3.63) is 47.0 Å². The quantitative estimate of drug-likeness (QED) is 0.896. The molecule has 0 spiro atoms. The number of aromatic nitrogens is 3. The zero-order valence-electron chi connectivity index (χ0n) is 10.6. The van der Waals surface area contributed by atoms with Gasteiger partial charge in [-0.25, -0.2) is 4.98 Å². The Hall–Kier alpha value is -1.39. The molecule has 2 aromatic rings. The maximum Gasteiger partial charge on any atom is 0.138 e. The molecular formula is C13H17ClN4. The van der Waals surface area contributed by atoms with Crippen LogP contribution in [-0.2, 0) is 19.9 Å². The lowest BCUT2D eigenvalue weighted by molar-refractivity contribution is 0.527. The van der Waals surface area contributed by atoms with Gasteiger partial charge in [-0.05, 0) is 31.2 Å². The van der Waals surface area contributed by atoms with E-state index in [1.54, 1.807) is 6.33 Å². The molecule has 1 heterocycles. The molecule has 0 amide bonds. The standard InChI is InChI=1S/C13H17ClN4/c1-15-12(8-13-16-9-17-18(13)2)7-10-4-3-5-11(14)6-10/h3-6,9,12,15H,7-8H2,1-2H3. The smallest absolute Gasteiger partial charge is 0.138 e. The summed E-state index contributed by atoms with van der Waals surface area (Å²) in [6.07, 6.45) is 3.35. The molecule has 0 saturated heterocycles. The highest BCUT2D eigenvalue weighted by Crippen LogP contribution is 2.13. The zero-order chi connectivity index (χ0) is 13.0. The van der Waals surface area contributed by atoms with Gasteiger partial charge < -0.3 is 5.32 Å². The normalized spacial score (nSPS) is 12.6. The topological polar surface area (TPSA) is 42.7 Å². The molecule has 0 radical (unpaired) electrons. The fourth-order valence-electron chi connectivity index (χ4n) is 1.95. The minimum absolute atomic E-state index is 0.325. The number of nitrogens with one attached hydrogen (secondary N) is 1. The van der Waals surface area contributed by atoms with E-state index in [1.807, 2.05) is 37.0 Å². The predicted molar refractivity (Wildman–Crippen MR) is 72.7 cm³/mol. The Kier molecular flexibility index (Phi) is 4.33. The first-order valence-corrected chi connectivity index (χ1v) is 6.31. The van der Waals surface area contributed by atoms with Crippen molar-refractivity contribution in [2.45, 2.75) is 18.9 Å². The van der Waals surface area contributed by atoms with Crippen LogP contribution in [0.25, 0.3) is 0 Å². The van der Waals surface area contributed by atoms with Crippen LogP contribution in [-0.4, -0.2) is 27.9 Å². The molecule has 0 aliphatic heterocycles. The van der Waals surface area contributed by atoms with E-state index in [0.717, 1.165) is 23.7 Å². The summed E-state index contributed by atoms with van der Waals surface area (Å²) in [5.41, 5.74) is 1.23. The second kappa shape index (κ2) is 5.98. The largest absolute Gasteiger partial charge is 0.316 e. The average molecular weight is 265 g/mol. The molecule has 5 heteroatoms. The molecule has 1 aromatic carbocycles. The van der Waals surface area contributed by atoms with Crippen molar-refractivity contribution < 1.29 is 0 Å². The molecule has 96 valence electrons. The van der Waals surface area contributed by atoms with Crippen LogP contribution in [0.4, 0.5) is 0 Å². The van der Waals surface area contributed by atoms with Crippen molar-refractivity contribution in [2.75, 3.05) is 7.05 Å². The van der Waals surface area contributed by atoms with Crippen LogP contribution in [0.1, 0.15) is 11.4 Å². The third-order valence-electron chi connectivity index (χ3n) is 3.01. The van der Waals surface area contributed by atoms with Crippen LogP contribution in [0.2, 0.25) is 5.02 Å². The Labute approximate surface area is 112 Å². The van der Waals surface area contributed by atoms with Gasteiger partial charge in [0.1, 0.15) is 12.2 Å². The van der Waals surface area contributed by atoms with Crippen molar-refractivity contribution in [1.82, 2.24) is 20.1 Å². The van der Waals surface area contributed by atoms with Crippen molar-refractivity contribution in [3.8, 4) is 0 Å². The fourth-order valence-corrected chi connectivity index (χ4v) is 2.16. The van der Waals surface area contributed by atoms with E-state index in [9.17, 15) is 0 Å². The highest BCUT2D eigenvalue weighted by Gasteiger charge is 2.11. The number of benzene rings is 1. The molecule has 1 unspecified atom stereocenters. The molecule has 1 N–H and O–H groups in total. The van der Waals surface area contributed by atoms with Crippen molar-refractivity contribution in [1.29, 1.82) is 0 Å². The fraction of sp³-hybridized carbons (Fsp3) is 0.385. The highest BCUT2D eigenvalue weighted by atomic mass is 35.5. The van der Waals surface area contributed by atoms with Crippen LogP contribution in [0.15, 0.2) is 30.6 Å². The number of hydrogen-bond donors (Lipinski definition) is 1. The number of rotatable bonds is 5. The summed E-state index contributed by atoms with van der Waals surface area (Å²) < 4.78 is 1.81. The van der Waals surface area contributed by atoms with E-state index < -0.39 is 0 Å². The summed E-state index contributed by atoms with van der Waals surface area (Å²) in [7, 11) is 3.88. The first-order chi connectivity index (χ1) is 8.69. The van der Waals surface area contributed by atoms with Gasteiger partial charge in [-0.3, -0.25) is 4.68 Å². The lowest BCUT2D eigenvalue weighted by Gasteiger charge is -2.15. The van der Waals surface area contributed by atoms with Crippen LogP contribution in [0, 0.1) is 0 Å². The van der Waals surface area contributed by atoms with Gasteiger partial charge in [0, 0.05) is 24.5 Å². The monoisotopic (exact) mass is 264 g/mol. The number of hydrogen-bond acceptors (Lipinski definition) is 3. The first kappa shape index (κ1) is 13.1. The maximum absolute atomic E-state index is 5.99. The second-order valence-corrected chi connectivity index (χ2v) is 4.76. The molecule has 2 rings (SSSR count). The van der Waals surface area contributed by atoms with Gasteiger partial charge >= 0.3 is 0 Å². The molecular weight excluding hydrogens is 248 g/mol. The predicted octanol–water partition coefficient (Wildman–Crippen LogP) is 1.84. The molecule has 1 atom stereocenters. The maximum atomic E-state index is 5.99. The first-order valence-electron chi connectivity index (χ1n) is 5.93. The van der Waals surface area contributed by atoms with Gasteiger partial charge in [0.2, 0.25) is 0 Å². The number of halogens is 1. The van der Waals surface area contributed by atoms with E-state index in [0.29, 0.717) is 6.04 Å². The minimum atomic E-state index is 0.325. The second-order valence-electron chi connectivity index (χ2n) is 4.32. The lowest BCUT2D eigenvalue weighted by atomic mass is 10.0. The third-order valence-corrected chi connectivity index (χ3v) is 3.25. The number of nitrogens with zero attached hydrogens (tertiary/aromatic N) is 3. The van der Waals surface area contributed by atoms with Gasteiger partial charge in [0.15, 0.2) is 0 Å². The Bertz CT molecular complexity index is 509. The van der Waals surface area contributed by atoms with Crippen LogP contribution < -0.4 is 5.32 Å². The number of aryl methyl sites for hydroxylation is 1. The van der Waals surface area contributed by atoms with Crippen LogP contribution >= 0.6 is 11.6 Å². The Morgan fingerprint density at radius 3 is 2.83 bits per heavy atom. The molecule has 1 aromatic heterocycles. The molecule has 0 aliphatic carbocycles. The SMILES string of the molecule is CNC(Cc1cccc(Cl)c1)Cc1ncnn1C. The molecule has 0 aliphatic rings. The molecule has 0 fully saturated rings. The molecule has 4 nitrogen and oxygen atoms in total. The lowest BCUT2D eigenvalue weighted by Crippen LogP contribution is -2.31. The molecule has 0 saturated carbocycles. The zero-order valence-corrected chi connectivity index (χ0v) is 11.4. The highest BCUT2D eigenvalue weighted by molar-refractivity contribution is 6.30. The van der Waals surface area contributed by atoms with Gasteiger partial charge in [-0.1, -0.05) is 23.7 Å². The van der Waals surface area contributed by atoms with Crippen molar-refractivity contribution in [3.63, 3.8) is 0 Å². The van der Waals surface area contributed by atoms with E-state index >= 15 is 0 Å². The van der Waals surface area contributed by atoms with Crippen molar-refractivity contribution >= 4 is 11.6 Å². The van der Waals surface area contributed by atoms with Crippen LogP contribution in [0.5, 0.6) is 0 Å². The van der Waals surface area contributed by atoms with Crippen molar-refractivity contribution in [2.24, 2.45) is 7.05 Å². The van der Waals surface area contributed by atoms with Gasteiger partial charge in [0.25, 0.3) is 0 Å². The summed E-state index contributed by atoms with van der Waals surface area (Å²) in [6.45, 7) is 0. The summed E-state index contributed by atoms with van der Waals surface area (Å²) in [5, 5.41) is 8.17. The van der Waals surface area contributed by atoms with E-state index in [1.165, 1.54) is 5.56 Å².